The zero-order valence-corrected chi connectivity index (χ0v) is 21.4. The largest absolute Gasteiger partial charge is 0.489 e. The van der Waals surface area contributed by atoms with Crippen LogP contribution < -0.4 is 10.1 Å². The Balaban J connectivity index is 0.00000336. The molecule has 4 aromatic rings. The molecule has 0 radical (unpaired) electrons. The van der Waals surface area contributed by atoms with Crippen LogP contribution in [0.1, 0.15) is 57.9 Å². The third kappa shape index (κ3) is 5.49. The molecule has 1 heterocycles. The highest BCUT2D eigenvalue weighted by Gasteiger charge is 2.37. The Bertz CT molecular complexity index is 1450. The summed E-state index contributed by atoms with van der Waals surface area (Å²) < 4.78 is 46.5. The van der Waals surface area contributed by atoms with Gasteiger partial charge in [-0.25, -0.2) is 4.79 Å². The molecule has 0 saturated heterocycles. The van der Waals surface area contributed by atoms with Crippen molar-refractivity contribution >= 4 is 29.1 Å². The summed E-state index contributed by atoms with van der Waals surface area (Å²) in [5.74, 6) is -1.25. The maximum atomic E-state index is 13.4. The molecule has 0 fully saturated rings. The number of carboxylic acids is 1. The van der Waals surface area contributed by atoms with Crippen LogP contribution in [0, 0.1) is 0 Å². The van der Waals surface area contributed by atoms with Gasteiger partial charge in [0.25, 0.3) is 0 Å². The number of halogens is 4. The second-order valence-electron chi connectivity index (χ2n) is 9.37. The Hall–Kier alpha value is -3.55. The van der Waals surface area contributed by atoms with Gasteiger partial charge in [-0.05, 0) is 53.4 Å². The lowest BCUT2D eigenvalue weighted by Crippen LogP contribution is -2.37. The van der Waals surface area contributed by atoms with Gasteiger partial charge in [0.1, 0.15) is 11.9 Å². The number of rotatable bonds is 6. The van der Waals surface area contributed by atoms with Crippen LogP contribution in [0.25, 0.3) is 10.8 Å². The molecule has 0 unspecified atom stereocenters. The first-order chi connectivity index (χ1) is 17.7. The van der Waals surface area contributed by atoms with Gasteiger partial charge in [-0.1, -0.05) is 66.7 Å². The summed E-state index contributed by atoms with van der Waals surface area (Å²) in [7, 11) is 0. The van der Waals surface area contributed by atoms with E-state index in [4.69, 9.17) is 4.74 Å². The summed E-state index contributed by atoms with van der Waals surface area (Å²) in [5, 5.41) is 15.4. The van der Waals surface area contributed by atoms with Crippen molar-refractivity contribution in [3.05, 3.63) is 113 Å². The molecule has 0 aliphatic carbocycles. The molecule has 0 amide bonds. The van der Waals surface area contributed by atoms with Crippen molar-refractivity contribution < 1.29 is 27.8 Å². The molecule has 0 bridgehead atoms. The fourth-order valence-electron chi connectivity index (χ4n) is 5.18. The smallest absolute Gasteiger partial charge is 0.417 e. The molecule has 0 spiro atoms. The van der Waals surface area contributed by atoms with Crippen LogP contribution >= 0.6 is 12.4 Å². The summed E-state index contributed by atoms with van der Waals surface area (Å²) in [6.45, 7) is 2.60. The monoisotopic (exact) mass is 541 g/mol. The maximum absolute atomic E-state index is 13.4. The Morgan fingerprint density at radius 3 is 2.50 bits per heavy atom. The SMILES string of the molecule is C[C@@H](NC[C@H]1C[C@@H](c2ccc(C(F)(F)F)c(C(=O)O)c2)c2ccccc2O1)c1cccc2ccccc12.Cl. The van der Waals surface area contributed by atoms with Crippen LogP contribution in [0.2, 0.25) is 0 Å². The normalized spacial score (nSPS) is 17.7. The van der Waals surface area contributed by atoms with E-state index < -0.39 is 23.3 Å². The van der Waals surface area contributed by atoms with Crippen LogP contribution in [0.5, 0.6) is 5.75 Å². The van der Waals surface area contributed by atoms with Crippen LogP contribution in [-0.2, 0) is 6.18 Å². The Morgan fingerprint density at radius 2 is 1.74 bits per heavy atom. The molecule has 0 saturated carbocycles. The molecular weight excluding hydrogens is 515 g/mol. The molecule has 4 aromatic carbocycles. The third-order valence-electron chi connectivity index (χ3n) is 7.01. The van der Waals surface area contributed by atoms with Crippen molar-refractivity contribution in [1.29, 1.82) is 0 Å². The summed E-state index contributed by atoms with van der Waals surface area (Å²) in [5.41, 5.74) is 0.629. The number of carboxylic acid groups (broad SMARTS) is 1. The minimum absolute atomic E-state index is 0. The predicted molar refractivity (Wildman–Crippen MR) is 143 cm³/mol. The number of benzene rings is 4. The quantitative estimate of drug-likeness (QED) is 0.264. The number of para-hydroxylation sites is 1. The first-order valence-corrected chi connectivity index (χ1v) is 12.1. The summed E-state index contributed by atoms with van der Waals surface area (Å²) in [6, 6.07) is 25.2. The zero-order valence-electron chi connectivity index (χ0n) is 20.5. The molecule has 3 atom stereocenters. The van der Waals surface area contributed by atoms with Crippen LogP contribution in [0.3, 0.4) is 0 Å². The fraction of sp³-hybridized carbons (Fsp3) is 0.233. The first-order valence-electron chi connectivity index (χ1n) is 12.1. The summed E-state index contributed by atoms with van der Waals surface area (Å²) >= 11 is 0. The van der Waals surface area contributed by atoms with Crippen molar-refractivity contribution in [2.24, 2.45) is 0 Å². The van der Waals surface area contributed by atoms with Gasteiger partial charge in [-0.2, -0.15) is 13.2 Å². The van der Waals surface area contributed by atoms with E-state index in [2.05, 4.69) is 36.5 Å². The Kier molecular flexibility index (Phi) is 7.99. The average molecular weight is 542 g/mol. The number of hydrogen-bond donors (Lipinski definition) is 2. The average Bonchev–Trinajstić information content (AvgIpc) is 2.90. The molecule has 0 aromatic heterocycles. The van der Waals surface area contributed by atoms with E-state index in [9.17, 15) is 23.1 Å². The Morgan fingerprint density at radius 1 is 1.03 bits per heavy atom. The summed E-state index contributed by atoms with van der Waals surface area (Å²) in [6.07, 6.45) is -4.51. The van der Waals surface area contributed by atoms with Gasteiger partial charge >= 0.3 is 12.1 Å². The van der Waals surface area contributed by atoms with Gasteiger partial charge in [-0.15, -0.1) is 12.4 Å². The van der Waals surface area contributed by atoms with Gasteiger partial charge < -0.3 is 15.2 Å². The molecule has 4 nitrogen and oxygen atoms in total. The van der Waals surface area contributed by atoms with Crippen LogP contribution in [0.4, 0.5) is 13.2 Å². The lowest BCUT2D eigenvalue weighted by atomic mass is 9.83. The highest BCUT2D eigenvalue weighted by atomic mass is 35.5. The molecule has 2 N–H and O–H groups in total. The number of hydrogen-bond acceptors (Lipinski definition) is 3. The molecule has 38 heavy (non-hydrogen) atoms. The second kappa shape index (κ2) is 11.1. The van der Waals surface area contributed by atoms with E-state index in [1.165, 1.54) is 17.0 Å². The number of nitrogens with one attached hydrogen (secondary N) is 1. The van der Waals surface area contributed by atoms with Crippen molar-refractivity contribution in [3.63, 3.8) is 0 Å². The maximum Gasteiger partial charge on any atom is 0.417 e. The molecular formula is C30H27ClF3NO3. The standard InChI is InChI=1S/C30H26F3NO3.ClH/c1-18(22-11-6-8-19-7-2-3-9-23(19)22)34-17-21-16-25(24-10-4-5-12-28(24)37-21)20-13-14-27(30(31,32)33)26(15-20)29(35)36;/h2-15,18,21,25,34H,16-17H2,1H3,(H,35,36);1H/t18-,21-,25+;/m1./s1. The number of carbonyl (C=O) groups is 1. The van der Waals surface area contributed by atoms with E-state index in [1.54, 1.807) is 0 Å². The minimum atomic E-state index is -4.75. The van der Waals surface area contributed by atoms with Crippen molar-refractivity contribution in [2.45, 2.75) is 37.6 Å². The lowest BCUT2D eigenvalue weighted by molar-refractivity contribution is -0.138. The second-order valence-corrected chi connectivity index (χ2v) is 9.37. The molecule has 1 aliphatic rings. The number of ether oxygens (including phenoxy) is 1. The van der Waals surface area contributed by atoms with Gasteiger partial charge in [0.05, 0.1) is 11.1 Å². The molecule has 198 valence electrons. The third-order valence-corrected chi connectivity index (χ3v) is 7.01. The number of fused-ring (bicyclic) bond motifs is 2. The van der Waals surface area contributed by atoms with Crippen molar-refractivity contribution in [2.75, 3.05) is 6.54 Å². The van der Waals surface area contributed by atoms with Gasteiger partial charge in [0.15, 0.2) is 0 Å². The lowest BCUT2D eigenvalue weighted by Gasteiger charge is -2.33. The number of aromatic carboxylic acids is 1. The van der Waals surface area contributed by atoms with Crippen molar-refractivity contribution in [3.8, 4) is 5.75 Å². The minimum Gasteiger partial charge on any atom is -0.489 e. The van der Waals surface area contributed by atoms with E-state index >= 15 is 0 Å². The predicted octanol–water partition coefficient (Wildman–Crippen LogP) is 7.61. The van der Waals surface area contributed by atoms with Crippen molar-refractivity contribution in [1.82, 2.24) is 5.32 Å². The Labute approximate surface area is 224 Å². The van der Waals surface area contributed by atoms with Gasteiger partial charge in [0, 0.05) is 24.1 Å². The van der Waals surface area contributed by atoms with Gasteiger partial charge in [-0.3, -0.25) is 0 Å². The van der Waals surface area contributed by atoms with Crippen LogP contribution in [-0.4, -0.2) is 23.7 Å². The van der Waals surface area contributed by atoms with E-state index in [1.807, 2.05) is 42.5 Å². The summed E-state index contributed by atoms with van der Waals surface area (Å²) in [4.78, 5) is 11.7. The highest BCUT2D eigenvalue weighted by molar-refractivity contribution is 5.90. The van der Waals surface area contributed by atoms with Gasteiger partial charge in [0.2, 0.25) is 0 Å². The van der Waals surface area contributed by atoms with Crippen LogP contribution in [0.15, 0.2) is 84.9 Å². The molecule has 1 aliphatic heterocycles. The molecule has 5 rings (SSSR count). The molecule has 8 heteroatoms. The fourth-order valence-corrected chi connectivity index (χ4v) is 5.18. The zero-order chi connectivity index (χ0) is 26.2. The highest BCUT2D eigenvalue weighted by Crippen LogP contribution is 2.42. The first kappa shape index (κ1) is 27.5. The number of alkyl halides is 3. The van der Waals surface area contributed by atoms with E-state index in [0.717, 1.165) is 23.1 Å². The van der Waals surface area contributed by atoms with E-state index in [0.29, 0.717) is 24.3 Å². The topological polar surface area (TPSA) is 58.6 Å². The van der Waals surface area contributed by atoms with E-state index in [-0.39, 0.29) is 30.5 Å².